The summed E-state index contributed by atoms with van der Waals surface area (Å²) in [4.78, 5) is 22.9. The van der Waals surface area contributed by atoms with Crippen LogP contribution in [0.25, 0.3) is 0 Å². The molecular formula is C20H30N2O6. The highest BCUT2D eigenvalue weighted by Crippen LogP contribution is 2.32. The highest BCUT2D eigenvalue weighted by Gasteiger charge is 2.22. The number of carboxylic acid groups (broad SMARTS) is 2. The van der Waals surface area contributed by atoms with Crippen molar-refractivity contribution in [2.45, 2.75) is 31.5 Å². The molecule has 0 saturated carbocycles. The van der Waals surface area contributed by atoms with Crippen LogP contribution in [0.3, 0.4) is 0 Å². The molecule has 0 amide bonds. The van der Waals surface area contributed by atoms with Crippen LogP contribution in [0, 0.1) is 0 Å². The van der Waals surface area contributed by atoms with Gasteiger partial charge in [0, 0.05) is 32.7 Å². The fraction of sp³-hybridized carbons (Fsp3) is 0.600. The van der Waals surface area contributed by atoms with Crippen molar-refractivity contribution in [2.75, 3.05) is 46.4 Å². The average Bonchev–Trinajstić information content (AvgIpc) is 2.68. The number of piperazine rings is 1. The molecule has 1 heterocycles. The molecule has 2 unspecified atom stereocenters. The van der Waals surface area contributed by atoms with Crippen LogP contribution in [-0.4, -0.2) is 89.5 Å². The number of fused-ring (bicyclic) bond motifs is 1. The normalized spacial score (nSPS) is 21.1. The summed E-state index contributed by atoms with van der Waals surface area (Å²) in [5.41, 5.74) is 2.73. The van der Waals surface area contributed by atoms with E-state index in [1.165, 1.54) is 17.5 Å². The standard InChI is InChI=1S/C18H28N2O2.C2H2O4/c1-19-9-11-20(12-10-19)13-16(21)14-22-18-8-4-6-15-5-2-3-7-17(15)18;3-1(4)2(5)6/h2-3,5,7,16,18,21H,4,6,8-14H2,1H3;(H,3,4)(H,5,6). The molecule has 1 aromatic rings. The first-order valence-corrected chi connectivity index (χ1v) is 9.61. The number of hydrogen-bond acceptors (Lipinski definition) is 6. The number of rotatable bonds is 5. The third kappa shape index (κ3) is 7.20. The van der Waals surface area contributed by atoms with Crippen molar-refractivity contribution < 1.29 is 29.6 Å². The monoisotopic (exact) mass is 394 g/mol. The number of ether oxygens (including phenoxy) is 1. The molecule has 1 aliphatic carbocycles. The summed E-state index contributed by atoms with van der Waals surface area (Å²) in [6.45, 7) is 5.42. The lowest BCUT2D eigenvalue weighted by atomic mass is 9.89. The van der Waals surface area contributed by atoms with Crippen LogP contribution in [0.4, 0.5) is 0 Å². The second-order valence-corrected chi connectivity index (χ2v) is 7.28. The van der Waals surface area contributed by atoms with Gasteiger partial charge in [-0.15, -0.1) is 0 Å². The molecule has 1 aromatic carbocycles. The van der Waals surface area contributed by atoms with Gasteiger partial charge in [-0.3, -0.25) is 4.90 Å². The molecule has 0 aromatic heterocycles. The third-order valence-electron chi connectivity index (χ3n) is 5.05. The minimum absolute atomic E-state index is 0.159. The minimum Gasteiger partial charge on any atom is -0.473 e. The number of aryl methyl sites for hydroxylation is 1. The summed E-state index contributed by atoms with van der Waals surface area (Å²) >= 11 is 0. The fourth-order valence-electron chi connectivity index (χ4n) is 3.49. The molecule has 0 bridgehead atoms. The Balaban J connectivity index is 0.000000409. The summed E-state index contributed by atoms with van der Waals surface area (Å²) < 4.78 is 6.05. The van der Waals surface area contributed by atoms with Crippen molar-refractivity contribution in [2.24, 2.45) is 0 Å². The Morgan fingerprint density at radius 1 is 1.14 bits per heavy atom. The van der Waals surface area contributed by atoms with Gasteiger partial charge >= 0.3 is 11.9 Å². The first kappa shape index (κ1) is 22.3. The Hall–Kier alpha value is -2.00. The number of carbonyl (C=O) groups is 2. The second kappa shape index (κ2) is 11.1. The topological polar surface area (TPSA) is 111 Å². The Morgan fingerprint density at radius 3 is 2.43 bits per heavy atom. The molecule has 2 aliphatic rings. The summed E-state index contributed by atoms with van der Waals surface area (Å²) in [5, 5.41) is 25.0. The zero-order valence-electron chi connectivity index (χ0n) is 16.3. The first-order chi connectivity index (χ1) is 13.4. The van der Waals surface area contributed by atoms with Crippen LogP contribution >= 0.6 is 0 Å². The number of hydrogen-bond donors (Lipinski definition) is 3. The van der Waals surface area contributed by atoms with Crippen molar-refractivity contribution in [3.05, 3.63) is 35.4 Å². The Bertz CT molecular complexity index is 633. The van der Waals surface area contributed by atoms with E-state index in [4.69, 9.17) is 24.5 Å². The van der Waals surface area contributed by atoms with E-state index in [0.717, 1.165) is 45.6 Å². The zero-order valence-corrected chi connectivity index (χ0v) is 16.3. The van der Waals surface area contributed by atoms with Crippen LogP contribution in [0.5, 0.6) is 0 Å². The van der Waals surface area contributed by atoms with Crippen molar-refractivity contribution in [3.8, 4) is 0 Å². The number of aliphatic hydroxyl groups excluding tert-OH is 1. The fourth-order valence-corrected chi connectivity index (χ4v) is 3.49. The van der Waals surface area contributed by atoms with E-state index in [0.29, 0.717) is 6.61 Å². The van der Waals surface area contributed by atoms with Gasteiger partial charge in [-0.1, -0.05) is 24.3 Å². The quantitative estimate of drug-likeness (QED) is 0.631. The molecule has 0 radical (unpaired) electrons. The highest BCUT2D eigenvalue weighted by molar-refractivity contribution is 6.27. The molecule has 8 nitrogen and oxygen atoms in total. The van der Waals surface area contributed by atoms with Crippen LogP contribution < -0.4 is 0 Å². The number of carboxylic acids is 2. The van der Waals surface area contributed by atoms with Crippen LogP contribution in [0.15, 0.2) is 24.3 Å². The maximum Gasteiger partial charge on any atom is 0.414 e. The van der Waals surface area contributed by atoms with Crippen molar-refractivity contribution in [3.63, 3.8) is 0 Å². The number of aliphatic carboxylic acids is 2. The summed E-state index contributed by atoms with van der Waals surface area (Å²) in [6, 6.07) is 8.56. The summed E-state index contributed by atoms with van der Waals surface area (Å²) in [6.07, 6.45) is 3.17. The van der Waals surface area contributed by atoms with Gasteiger partial charge in [0.25, 0.3) is 0 Å². The van der Waals surface area contributed by atoms with Crippen molar-refractivity contribution >= 4 is 11.9 Å². The number of nitrogens with zero attached hydrogens (tertiary/aromatic N) is 2. The first-order valence-electron chi connectivity index (χ1n) is 9.61. The van der Waals surface area contributed by atoms with E-state index in [1.807, 2.05) is 0 Å². The van der Waals surface area contributed by atoms with Crippen LogP contribution in [0.1, 0.15) is 30.1 Å². The van der Waals surface area contributed by atoms with Gasteiger partial charge in [0.2, 0.25) is 0 Å². The number of β-amino-alcohol motifs (C(OH)–C–C–N with tert-alkyl or cyclic N) is 1. The molecule has 8 heteroatoms. The van der Waals surface area contributed by atoms with Gasteiger partial charge in [0.15, 0.2) is 0 Å². The minimum atomic E-state index is -1.82. The molecule has 3 rings (SSSR count). The lowest BCUT2D eigenvalue weighted by molar-refractivity contribution is -0.159. The van der Waals surface area contributed by atoms with E-state index < -0.39 is 18.0 Å². The molecular weight excluding hydrogens is 364 g/mol. The molecule has 2 atom stereocenters. The average molecular weight is 394 g/mol. The lowest BCUT2D eigenvalue weighted by Crippen LogP contribution is -2.47. The number of benzene rings is 1. The molecule has 28 heavy (non-hydrogen) atoms. The zero-order chi connectivity index (χ0) is 20.5. The van der Waals surface area contributed by atoms with Gasteiger partial charge in [0.05, 0.1) is 18.8 Å². The molecule has 3 N–H and O–H groups in total. The maximum absolute atomic E-state index is 10.3. The smallest absolute Gasteiger partial charge is 0.414 e. The van der Waals surface area contributed by atoms with Gasteiger partial charge in [-0.05, 0) is 37.4 Å². The predicted molar refractivity (Wildman–Crippen MR) is 103 cm³/mol. The van der Waals surface area contributed by atoms with Crippen LogP contribution in [-0.2, 0) is 20.7 Å². The Morgan fingerprint density at radius 2 is 1.79 bits per heavy atom. The Kier molecular flexibility index (Phi) is 8.85. The molecule has 0 spiro atoms. The maximum atomic E-state index is 10.3. The molecule has 1 saturated heterocycles. The SMILES string of the molecule is CN1CCN(CC(O)COC2CCCc3ccccc32)CC1.O=C(O)C(=O)O. The second-order valence-electron chi connectivity index (χ2n) is 7.28. The van der Waals surface area contributed by atoms with Crippen molar-refractivity contribution in [1.82, 2.24) is 9.80 Å². The largest absolute Gasteiger partial charge is 0.473 e. The van der Waals surface area contributed by atoms with Gasteiger partial charge in [-0.2, -0.15) is 0 Å². The van der Waals surface area contributed by atoms with Gasteiger partial charge in [0.1, 0.15) is 0 Å². The molecule has 1 aliphatic heterocycles. The van der Waals surface area contributed by atoms with E-state index >= 15 is 0 Å². The van der Waals surface area contributed by atoms with E-state index in [2.05, 4.69) is 41.1 Å². The number of aliphatic hydroxyl groups is 1. The van der Waals surface area contributed by atoms with E-state index in [9.17, 15) is 5.11 Å². The van der Waals surface area contributed by atoms with Gasteiger partial charge < -0.3 is 25.0 Å². The van der Waals surface area contributed by atoms with Crippen molar-refractivity contribution in [1.29, 1.82) is 0 Å². The van der Waals surface area contributed by atoms with E-state index in [-0.39, 0.29) is 6.10 Å². The summed E-state index contributed by atoms with van der Waals surface area (Å²) in [5.74, 6) is -3.65. The Labute approximate surface area is 165 Å². The van der Waals surface area contributed by atoms with Crippen LogP contribution in [0.2, 0.25) is 0 Å². The third-order valence-corrected chi connectivity index (χ3v) is 5.05. The number of likely N-dealkylation sites (N-methyl/N-ethyl adjacent to an activating group) is 1. The highest BCUT2D eigenvalue weighted by atomic mass is 16.5. The lowest BCUT2D eigenvalue weighted by Gasteiger charge is -2.34. The van der Waals surface area contributed by atoms with E-state index in [1.54, 1.807) is 0 Å². The predicted octanol–water partition coefficient (Wildman–Crippen LogP) is 0.845. The summed E-state index contributed by atoms with van der Waals surface area (Å²) in [7, 11) is 2.15. The molecule has 1 fully saturated rings. The molecule has 156 valence electrons. The van der Waals surface area contributed by atoms with Gasteiger partial charge in [-0.25, -0.2) is 9.59 Å².